The van der Waals surface area contributed by atoms with Crippen molar-refractivity contribution in [1.82, 2.24) is 5.32 Å². The van der Waals surface area contributed by atoms with Gasteiger partial charge in [0.15, 0.2) is 0 Å². The van der Waals surface area contributed by atoms with Gasteiger partial charge in [0.05, 0.1) is 18.0 Å². The van der Waals surface area contributed by atoms with Crippen LogP contribution in [0.15, 0.2) is 42.5 Å². The van der Waals surface area contributed by atoms with Gasteiger partial charge in [0.25, 0.3) is 0 Å². The van der Waals surface area contributed by atoms with Crippen LogP contribution in [0.5, 0.6) is 5.75 Å². The van der Waals surface area contributed by atoms with Gasteiger partial charge in [0.1, 0.15) is 18.4 Å². The van der Waals surface area contributed by atoms with Gasteiger partial charge in [-0.1, -0.05) is 31.2 Å². The molecular weight excluding hydrogens is 400 g/mol. The van der Waals surface area contributed by atoms with Crippen molar-refractivity contribution in [3.8, 4) is 5.75 Å². The number of hydrogen-bond donors (Lipinski definition) is 1. The molecule has 0 saturated carbocycles. The molecule has 0 aromatic heterocycles. The minimum atomic E-state index is -3.66. The summed E-state index contributed by atoms with van der Waals surface area (Å²) in [5, 5.41) is 2.90. The van der Waals surface area contributed by atoms with Crippen molar-refractivity contribution in [1.29, 1.82) is 0 Å². The average molecular weight is 433 g/mol. The molecular formula is C23H32N2O4S. The van der Waals surface area contributed by atoms with Crippen LogP contribution in [0.25, 0.3) is 0 Å². The molecule has 6 nitrogen and oxygen atoms in total. The third kappa shape index (κ3) is 6.23. The molecule has 1 N–H and O–H groups in total. The minimum Gasteiger partial charge on any atom is -0.491 e. The summed E-state index contributed by atoms with van der Waals surface area (Å²) >= 11 is 0. The van der Waals surface area contributed by atoms with Crippen molar-refractivity contribution in [2.45, 2.75) is 53.1 Å². The lowest BCUT2D eigenvalue weighted by Crippen LogP contribution is -2.52. The first-order valence-electron chi connectivity index (χ1n) is 10.1. The Labute approximate surface area is 180 Å². The van der Waals surface area contributed by atoms with Gasteiger partial charge in [-0.05, 0) is 69.0 Å². The van der Waals surface area contributed by atoms with Crippen LogP contribution < -0.4 is 14.4 Å². The number of sulfonamides is 1. The van der Waals surface area contributed by atoms with Crippen molar-refractivity contribution in [2.24, 2.45) is 0 Å². The SMILES string of the molecule is CC[C@@H](C(=O)N[C@H](C)COc1ccccc1C)N(c1cc(C)cc(C)c1)S(C)(=O)=O. The van der Waals surface area contributed by atoms with E-state index >= 15 is 0 Å². The smallest absolute Gasteiger partial charge is 0.244 e. The number of amides is 1. The molecule has 164 valence electrons. The zero-order valence-electron chi connectivity index (χ0n) is 18.6. The topological polar surface area (TPSA) is 75.7 Å². The molecule has 7 heteroatoms. The lowest BCUT2D eigenvalue weighted by atomic mass is 10.1. The quantitative estimate of drug-likeness (QED) is 0.655. The van der Waals surface area contributed by atoms with Crippen LogP contribution in [0.3, 0.4) is 0 Å². The third-order valence-electron chi connectivity index (χ3n) is 4.76. The number of aryl methyl sites for hydroxylation is 3. The maximum atomic E-state index is 13.0. The first kappa shape index (κ1) is 23.7. The number of nitrogens with zero attached hydrogens (tertiary/aromatic N) is 1. The van der Waals surface area contributed by atoms with Gasteiger partial charge in [-0.25, -0.2) is 8.42 Å². The van der Waals surface area contributed by atoms with Crippen LogP contribution in [-0.2, 0) is 14.8 Å². The zero-order valence-corrected chi connectivity index (χ0v) is 19.4. The number of ether oxygens (including phenoxy) is 1. The first-order chi connectivity index (χ1) is 14.0. The van der Waals surface area contributed by atoms with Gasteiger partial charge in [-0.3, -0.25) is 9.10 Å². The summed E-state index contributed by atoms with van der Waals surface area (Å²) in [6.45, 7) is 9.70. The standard InChI is InChI=1S/C23H32N2O4S/c1-7-21(25(30(6,27)28)20-13-16(2)12-17(3)14-20)23(26)24-19(5)15-29-22-11-9-8-10-18(22)4/h8-14,19,21H,7,15H2,1-6H3,(H,24,26)/t19-,21+/m1/s1. The predicted octanol–water partition coefficient (Wildman–Crippen LogP) is 3.74. The number of carbonyl (C=O) groups excluding carboxylic acids is 1. The fraction of sp³-hybridized carbons (Fsp3) is 0.435. The van der Waals surface area contributed by atoms with E-state index in [0.717, 1.165) is 28.7 Å². The maximum absolute atomic E-state index is 13.0. The molecule has 2 rings (SSSR count). The largest absolute Gasteiger partial charge is 0.491 e. The predicted molar refractivity (Wildman–Crippen MR) is 122 cm³/mol. The summed E-state index contributed by atoms with van der Waals surface area (Å²) < 4.78 is 32.3. The number of nitrogens with one attached hydrogen (secondary N) is 1. The molecule has 0 aliphatic heterocycles. The van der Waals surface area contributed by atoms with Gasteiger partial charge in [-0.2, -0.15) is 0 Å². The van der Waals surface area contributed by atoms with Crippen molar-refractivity contribution >= 4 is 21.6 Å². The number of para-hydroxylation sites is 1. The van der Waals surface area contributed by atoms with Crippen LogP contribution in [0.2, 0.25) is 0 Å². The van der Waals surface area contributed by atoms with Gasteiger partial charge in [0.2, 0.25) is 15.9 Å². The van der Waals surface area contributed by atoms with E-state index in [-0.39, 0.29) is 18.6 Å². The molecule has 0 radical (unpaired) electrons. The van der Waals surface area contributed by atoms with Crippen LogP contribution in [0.1, 0.15) is 37.0 Å². The minimum absolute atomic E-state index is 0.285. The lowest BCUT2D eigenvalue weighted by molar-refractivity contribution is -0.123. The second-order valence-corrected chi connectivity index (χ2v) is 9.67. The Morgan fingerprint density at radius 1 is 1.10 bits per heavy atom. The van der Waals surface area contributed by atoms with Crippen molar-refractivity contribution in [2.75, 3.05) is 17.2 Å². The normalized spacial score (nSPS) is 13.4. The molecule has 0 unspecified atom stereocenters. The van der Waals surface area contributed by atoms with E-state index in [1.807, 2.05) is 58.0 Å². The summed E-state index contributed by atoms with van der Waals surface area (Å²) in [5.41, 5.74) is 3.39. The molecule has 0 aliphatic carbocycles. The van der Waals surface area contributed by atoms with Gasteiger partial charge in [-0.15, -0.1) is 0 Å². The molecule has 0 aliphatic rings. The Morgan fingerprint density at radius 3 is 2.23 bits per heavy atom. The number of rotatable bonds is 9. The molecule has 2 aromatic carbocycles. The van der Waals surface area contributed by atoms with E-state index in [1.165, 1.54) is 4.31 Å². The molecule has 30 heavy (non-hydrogen) atoms. The summed E-state index contributed by atoms with van der Waals surface area (Å²) in [5.74, 6) is 0.418. The second kappa shape index (κ2) is 9.98. The van der Waals surface area contributed by atoms with E-state index in [4.69, 9.17) is 4.74 Å². The summed E-state index contributed by atoms with van der Waals surface area (Å²) in [6.07, 6.45) is 1.47. The fourth-order valence-corrected chi connectivity index (χ4v) is 4.65. The van der Waals surface area contributed by atoms with E-state index in [9.17, 15) is 13.2 Å². The first-order valence-corrected chi connectivity index (χ1v) is 11.9. The van der Waals surface area contributed by atoms with Crippen LogP contribution in [-0.4, -0.2) is 39.3 Å². The van der Waals surface area contributed by atoms with Gasteiger partial charge < -0.3 is 10.1 Å². The van der Waals surface area contributed by atoms with Gasteiger partial charge >= 0.3 is 0 Å². The molecule has 0 saturated heterocycles. The molecule has 1 amide bonds. The average Bonchev–Trinajstić information content (AvgIpc) is 2.63. The summed E-state index contributed by atoms with van der Waals surface area (Å²) in [7, 11) is -3.66. The molecule has 0 heterocycles. The number of carbonyl (C=O) groups is 1. The molecule has 2 atom stereocenters. The fourth-order valence-electron chi connectivity index (χ4n) is 3.45. The highest BCUT2D eigenvalue weighted by Gasteiger charge is 2.32. The summed E-state index contributed by atoms with van der Waals surface area (Å²) in [4.78, 5) is 13.0. The van der Waals surface area contributed by atoms with Crippen LogP contribution >= 0.6 is 0 Å². The van der Waals surface area contributed by atoms with Crippen molar-refractivity contribution in [3.63, 3.8) is 0 Å². The van der Waals surface area contributed by atoms with E-state index in [1.54, 1.807) is 19.1 Å². The van der Waals surface area contributed by atoms with E-state index < -0.39 is 16.1 Å². The number of benzene rings is 2. The van der Waals surface area contributed by atoms with E-state index in [2.05, 4.69) is 5.32 Å². The lowest BCUT2D eigenvalue weighted by Gasteiger charge is -2.31. The number of anilines is 1. The molecule has 0 spiro atoms. The Hall–Kier alpha value is -2.54. The molecule has 0 fully saturated rings. The second-order valence-electron chi connectivity index (χ2n) is 7.81. The highest BCUT2D eigenvalue weighted by molar-refractivity contribution is 7.92. The Morgan fingerprint density at radius 2 is 1.70 bits per heavy atom. The Bertz CT molecular complexity index is 968. The highest BCUT2D eigenvalue weighted by atomic mass is 32.2. The van der Waals surface area contributed by atoms with Crippen molar-refractivity contribution < 1.29 is 17.9 Å². The summed E-state index contributed by atoms with van der Waals surface area (Å²) in [6, 6.07) is 12.1. The van der Waals surface area contributed by atoms with Crippen LogP contribution in [0, 0.1) is 20.8 Å². The maximum Gasteiger partial charge on any atom is 0.244 e. The van der Waals surface area contributed by atoms with E-state index in [0.29, 0.717) is 12.1 Å². The Kier molecular flexibility index (Phi) is 7.89. The third-order valence-corrected chi connectivity index (χ3v) is 5.94. The van der Waals surface area contributed by atoms with Crippen LogP contribution in [0.4, 0.5) is 5.69 Å². The monoisotopic (exact) mass is 432 g/mol. The highest BCUT2D eigenvalue weighted by Crippen LogP contribution is 2.25. The molecule has 2 aromatic rings. The number of hydrogen-bond acceptors (Lipinski definition) is 4. The van der Waals surface area contributed by atoms with Crippen molar-refractivity contribution in [3.05, 3.63) is 59.2 Å². The van der Waals surface area contributed by atoms with Gasteiger partial charge in [0, 0.05) is 0 Å². The zero-order chi connectivity index (χ0) is 22.5. The molecule has 0 bridgehead atoms. The Balaban J connectivity index is 2.18.